The molecule has 1 aromatic carbocycles. The first-order chi connectivity index (χ1) is 9.54. The lowest BCUT2D eigenvalue weighted by atomic mass is 10.0. The molecule has 1 aromatic rings. The first kappa shape index (κ1) is 16.0. The van der Waals surface area contributed by atoms with Crippen LogP contribution in [0, 0.1) is 18.3 Å². The van der Waals surface area contributed by atoms with Crippen LogP contribution in [-0.2, 0) is 16.0 Å². The summed E-state index contributed by atoms with van der Waals surface area (Å²) in [5.74, 6) is 0.526. The van der Waals surface area contributed by atoms with Gasteiger partial charge in [0.15, 0.2) is 6.61 Å². The lowest BCUT2D eigenvalue weighted by Gasteiger charge is -2.14. The van der Waals surface area contributed by atoms with Crippen LogP contribution in [-0.4, -0.2) is 18.7 Å². The van der Waals surface area contributed by atoms with Gasteiger partial charge in [0.05, 0.1) is 6.10 Å². The smallest absolute Gasteiger partial charge is 0.302 e. The van der Waals surface area contributed by atoms with Crippen LogP contribution in [0.15, 0.2) is 18.2 Å². The first-order valence-corrected chi connectivity index (χ1v) is 6.80. The third kappa shape index (κ3) is 5.31. The van der Waals surface area contributed by atoms with E-state index in [0.717, 1.165) is 36.1 Å². The molecule has 20 heavy (non-hydrogen) atoms. The Morgan fingerprint density at radius 2 is 2.20 bits per heavy atom. The molecule has 0 amide bonds. The molecule has 0 unspecified atom stereocenters. The van der Waals surface area contributed by atoms with Crippen LogP contribution >= 0.6 is 0 Å². The predicted molar refractivity (Wildman–Crippen MR) is 76.5 cm³/mol. The fourth-order valence-electron chi connectivity index (χ4n) is 2.15. The summed E-state index contributed by atoms with van der Waals surface area (Å²) >= 11 is 0. The number of nitriles is 1. The second-order valence-corrected chi connectivity index (χ2v) is 4.81. The Balaban J connectivity index is 2.58. The minimum absolute atomic E-state index is 0.0559. The highest BCUT2D eigenvalue weighted by Gasteiger charge is 2.09. The zero-order valence-corrected chi connectivity index (χ0v) is 12.3. The molecule has 0 saturated heterocycles. The lowest BCUT2D eigenvalue weighted by molar-refractivity contribution is -0.145. The van der Waals surface area contributed by atoms with Crippen LogP contribution in [0.2, 0.25) is 0 Å². The van der Waals surface area contributed by atoms with Crippen molar-refractivity contribution in [3.05, 3.63) is 29.3 Å². The molecule has 1 rings (SSSR count). The van der Waals surface area contributed by atoms with E-state index < -0.39 is 0 Å². The van der Waals surface area contributed by atoms with E-state index in [1.165, 1.54) is 6.92 Å². The Hall–Kier alpha value is -2.02. The van der Waals surface area contributed by atoms with Gasteiger partial charge in [-0.25, -0.2) is 0 Å². The van der Waals surface area contributed by atoms with Gasteiger partial charge >= 0.3 is 5.97 Å². The Labute approximate surface area is 120 Å². The summed E-state index contributed by atoms with van der Waals surface area (Å²) in [6.07, 6.45) is 2.49. The molecular formula is C16H21NO3. The van der Waals surface area contributed by atoms with Gasteiger partial charge in [0.25, 0.3) is 0 Å². The topological polar surface area (TPSA) is 59.3 Å². The van der Waals surface area contributed by atoms with Crippen molar-refractivity contribution in [1.29, 1.82) is 5.26 Å². The summed E-state index contributed by atoms with van der Waals surface area (Å²) in [5, 5.41) is 8.60. The van der Waals surface area contributed by atoms with Gasteiger partial charge in [-0.15, -0.1) is 0 Å². The number of hydrogen-bond acceptors (Lipinski definition) is 4. The number of esters is 1. The van der Waals surface area contributed by atoms with Crippen LogP contribution in [0.1, 0.15) is 37.8 Å². The molecule has 0 radical (unpaired) electrons. The van der Waals surface area contributed by atoms with Crippen molar-refractivity contribution in [2.75, 3.05) is 6.61 Å². The van der Waals surface area contributed by atoms with Gasteiger partial charge < -0.3 is 9.47 Å². The van der Waals surface area contributed by atoms with Crippen molar-refractivity contribution in [1.82, 2.24) is 0 Å². The average Bonchev–Trinajstić information content (AvgIpc) is 2.38. The number of benzene rings is 1. The third-order valence-electron chi connectivity index (χ3n) is 3.06. The summed E-state index contributed by atoms with van der Waals surface area (Å²) in [6, 6.07) is 7.82. The van der Waals surface area contributed by atoms with Gasteiger partial charge in [-0.3, -0.25) is 4.79 Å². The monoisotopic (exact) mass is 275 g/mol. The summed E-state index contributed by atoms with van der Waals surface area (Å²) in [7, 11) is 0. The van der Waals surface area contributed by atoms with E-state index >= 15 is 0 Å². The average molecular weight is 275 g/mol. The van der Waals surface area contributed by atoms with Crippen molar-refractivity contribution in [2.45, 2.75) is 46.1 Å². The molecule has 0 aliphatic rings. The van der Waals surface area contributed by atoms with E-state index in [1.54, 1.807) is 0 Å². The second kappa shape index (κ2) is 8.21. The molecule has 0 heterocycles. The lowest BCUT2D eigenvalue weighted by Crippen LogP contribution is -2.12. The van der Waals surface area contributed by atoms with Crippen molar-refractivity contribution in [2.24, 2.45) is 0 Å². The Bertz CT molecular complexity index is 491. The molecule has 0 fully saturated rings. The Morgan fingerprint density at radius 1 is 1.45 bits per heavy atom. The molecular weight excluding hydrogens is 254 g/mol. The van der Waals surface area contributed by atoms with E-state index in [4.69, 9.17) is 14.7 Å². The number of carbonyl (C=O) groups is 1. The fraction of sp³-hybridized carbons (Fsp3) is 0.500. The molecule has 4 heteroatoms. The SMILES string of the molecule is CC(=O)O[C@@H](C)CCCc1c(C)cccc1OCC#N. The van der Waals surface area contributed by atoms with Crippen LogP contribution in [0.25, 0.3) is 0 Å². The van der Waals surface area contributed by atoms with Crippen molar-refractivity contribution in [3.8, 4) is 11.8 Å². The van der Waals surface area contributed by atoms with Crippen molar-refractivity contribution >= 4 is 5.97 Å². The van der Waals surface area contributed by atoms with E-state index in [-0.39, 0.29) is 18.7 Å². The van der Waals surface area contributed by atoms with Gasteiger partial charge in [0.2, 0.25) is 0 Å². The standard InChI is InChI=1S/C16H21NO3/c1-12-6-4-9-16(19-11-10-17)15(12)8-5-7-13(2)20-14(3)18/h4,6,9,13H,5,7-8,11H2,1-3H3/t13-/m0/s1. The summed E-state index contributed by atoms with van der Waals surface area (Å²) < 4.78 is 10.5. The fourth-order valence-corrected chi connectivity index (χ4v) is 2.15. The first-order valence-electron chi connectivity index (χ1n) is 6.80. The van der Waals surface area contributed by atoms with Gasteiger partial charge in [-0.1, -0.05) is 12.1 Å². The van der Waals surface area contributed by atoms with Crippen LogP contribution < -0.4 is 4.74 Å². The van der Waals surface area contributed by atoms with Gasteiger partial charge in [0, 0.05) is 6.92 Å². The molecule has 0 aliphatic heterocycles. The zero-order chi connectivity index (χ0) is 15.0. The molecule has 0 N–H and O–H groups in total. The second-order valence-electron chi connectivity index (χ2n) is 4.81. The molecule has 1 atom stereocenters. The van der Waals surface area contributed by atoms with Crippen LogP contribution in [0.4, 0.5) is 0 Å². The van der Waals surface area contributed by atoms with E-state index in [0.29, 0.717) is 0 Å². The normalized spacial score (nSPS) is 11.5. The molecule has 0 aliphatic carbocycles. The summed E-state index contributed by atoms with van der Waals surface area (Å²) in [5.41, 5.74) is 2.28. The van der Waals surface area contributed by atoms with Gasteiger partial charge in [-0.2, -0.15) is 5.26 Å². The number of rotatable bonds is 7. The highest BCUT2D eigenvalue weighted by atomic mass is 16.5. The highest BCUT2D eigenvalue weighted by molar-refractivity contribution is 5.66. The number of ether oxygens (including phenoxy) is 2. The molecule has 0 bridgehead atoms. The third-order valence-corrected chi connectivity index (χ3v) is 3.06. The minimum Gasteiger partial charge on any atom is -0.478 e. The number of aryl methyl sites for hydroxylation is 1. The van der Waals surface area contributed by atoms with Crippen LogP contribution in [0.3, 0.4) is 0 Å². The summed E-state index contributed by atoms with van der Waals surface area (Å²) in [6.45, 7) is 5.41. The van der Waals surface area contributed by atoms with Crippen LogP contribution in [0.5, 0.6) is 5.75 Å². The van der Waals surface area contributed by atoms with E-state index in [9.17, 15) is 4.79 Å². The van der Waals surface area contributed by atoms with Gasteiger partial charge in [0.1, 0.15) is 11.8 Å². The summed E-state index contributed by atoms with van der Waals surface area (Å²) in [4.78, 5) is 10.8. The number of hydrogen-bond donors (Lipinski definition) is 0. The maximum absolute atomic E-state index is 10.8. The molecule has 4 nitrogen and oxygen atoms in total. The minimum atomic E-state index is -0.244. The molecule has 108 valence electrons. The van der Waals surface area contributed by atoms with Crippen molar-refractivity contribution in [3.63, 3.8) is 0 Å². The maximum atomic E-state index is 10.8. The van der Waals surface area contributed by atoms with Crippen molar-refractivity contribution < 1.29 is 14.3 Å². The molecule has 0 saturated carbocycles. The predicted octanol–water partition coefficient (Wildman–Crippen LogP) is 3.17. The molecule has 0 spiro atoms. The highest BCUT2D eigenvalue weighted by Crippen LogP contribution is 2.24. The van der Waals surface area contributed by atoms with E-state index in [2.05, 4.69) is 0 Å². The van der Waals surface area contributed by atoms with Gasteiger partial charge in [-0.05, 0) is 50.3 Å². The maximum Gasteiger partial charge on any atom is 0.302 e. The number of nitrogens with zero attached hydrogens (tertiary/aromatic N) is 1. The van der Waals surface area contributed by atoms with E-state index in [1.807, 2.05) is 38.1 Å². The Kier molecular flexibility index (Phi) is 6.58. The largest absolute Gasteiger partial charge is 0.478 e. The zero-order valence-electron chi connectivity index (χ0n) is 12.3. The Morgan fingerprint density at radius 3 is 2.85 bits per heavy atom. The molecule has 0 aromatic heterocycles. The number of carbonyl (C=O) groups excluding carboxylic acids is 1. The quantitative estimate of drug-likeness (QED) is 0.717.